The summed E-state index contributed by atoms with van der Waals surface area (Å²) in [7, 11) is -3.86. The van der Waals surface area contributed by atoms with Crippen molar-refractivity contribution in [3.05, 3.63) is 47.0 Å². The van der Waals surface area contributed by atoms with Gasteiger partial charge in [-0.3, -0.25) is 0 Å². The van der Waals surface area contributed by atoms with E-state index in [2.05, 4.69) is 16.8 Å². The van der Waals surface area contributed by atoms with E-state index in [0.29, 0.717) is 19.4 Å². The van der Waals surface area contributed by atoms with Crippen molar-refractivity contribution in [2.45, 2.75) is 55.5 Å². The van der Waals surface area contributed by atoms with Gasteiger partial charge >= 0.3 is 12.3 Å². The zero-order valence-corrected chi connectivity index (χ0v) is 21.6. The molecular weight excluding hydrogens is 525 g/mol. The molecule has 1 atom stereocenters. The van der Waals surface area contributed by atoms with Gasteiger partial charge in [0.05, 0.1) is 26.4 Å². The fourth-order valence-corrected chi connectivity index (χ4v) is 6.03. The van der Waals surface area contributed by atoms with Crippen LogP contribution < -0.4 is 0 Å². The smallest absolute Gasteiger partial charge is 0.417 e. The topological polar surface area (TPSA) is 76.0 Å². The molecule has 3 rings (SSSR count). The highest BCUT2D eigenvalue weighted by Gasteiger charge is 2.37. The van der Waals surface area contributed by atoms with E-state index < -0.39 is 38.5 Å². The second kappa shape index (κ2) is 10.0. The van der Waals surface area contributed by atoms with Crippen molar-refractivity contribution >= 4 is 45.6 Å². The molecule has 0 spiro atoms. The Kier molecular flexibility index (Phi) is 7.83. The Bertz CT molecular complexity index is 1230. The van der Waals surface area contributed by atoms with Gasteiger partial charge in [0.25, 0.3) is 0 Å². The predicted octanol–water partition coefficient (Wildman–Crippen LogP) is 6.56. The standard InChI is InChI=1S/C23H24ClF3N2O4S2/c1-22(2,3)33-21(30)29-10-4-5-17(13-29)35(31,32)16-8-6-14(7-9-16)20-18(23(25,26)27)11-15(28-34)12-19(20)24/h6-9,11-12,17H,4-5,10,13H2,1-3H3. The maximum Gasteiger partial charge on any atom is 0.417 e. The molecule has 2 aromatic rings. The fraction of sp³-hybridized carbons (Fsp3) is 0.435. The molecule has 1 fully saturated rings. The number of hydrogen-bond donors (Lipinski definition) is 0. The van der Waals surface area contributed by atoms with Crippen LogP contribution in [0.2, 0.25) is 5.02 Å². The monoisotopic (exact) mass is 548 g/mol. The zero-order valence-electron chi connectivity index (χ0n) is 19.2. The van der Waals surface area contributed by atoms with Crippen molar-refractivity contribution in [2.75, 3.05) is 13.1 Å². The van der Waals surface area contributed by atoms with E-state index in [-0.39, 0.29) is 33.3 Å². The van der Waals surface area contributed by atoms with Crippen molar-refractivity contribution in [2.24, 2.45) is 4.36 Å². The van der Waals surface area contributed by atoms with Crippen LogP contribution in [0.5, 0.6) is 0 Å². The predicted molar refractivity (Wildman–Crippen MR) is 129 cm³/mol. The largest absolute Gasteiger partial charge is 0.444 e. The maximum atomic E-state index is 13.7. The molecule has 6 nitrogen and oxygen atoms in total. The molecule has 1 heterocycles. The van der Waals surface area contributed by atoms with E-state index in [0.717, 1.165) is 6.07 Å². The Balaban J connectivity index is 1.90. The van der Waals surface area contributed by atoms with Crippen LogP contribution in [-0.4, -0.2) is 43.4 Å². The Morgan fingerprint density at radius 3 is 2.34 bits per heavy atom. The third-order valence-electron chi connectivity index (χ3n) is 5.43. The van der Waals surface area contributed by atoms with Crippen LogP contribution >= 0.6 is 11.6 Å². The van der Waals surface area contributed by atoms with Gasteiger partial charge in [-0.1, -0.05) is 23.7 Å². The summed E-state index contributed by atoms with van der Waals surface area (Å²) in [5, 5.41) is -1.07. The molecule has 2 aromatic carbocycles. The van der Waals surface area contributed by atoms with Crippen LogP contribution in [0, 0.1) is 0 Å². The Morgan fingerprint density at radius 2 is 1.80 bits per heavy atom. The Labute approximate surface area is 212 Å². The summed E-state index contributed by atoms with van der Waals surface area (Å²) in [6.07, 6.45) is -4.49. The number of alkyl halides is 3. The number of benzene rings is 2. The van der Waals surface area contributed by atoms with Gasteiger partial charge in [0.1, 0.15) is 5.60 Å². The van der Waals surface area contributed by atoms with Crippen LogP contribution in [-0.2, 0) is 33.2 Å². The van der Waals surface area contributed by atoms with E-state index in [9.17, 15) is 26.4 Å². The number of hydrogen-bond acceptors (Lipinski definition) is 6. The molecule has 190 valence electrons. The number of carbonyl (C=O) groups is 1. The summed E-state index contributed by atoms with van der Waals surface area (Å²) in [6.45, 7) is 5.52. The van der Waals surface area contributed by atoms with E-state index in [1.165, 1.54) is 35.2 Å². The second-order valence-electron chi connectivity index (χ2n) is 9.20. The summed E-state index contributed by atoms with van der Waals surface area (Å²) >= 11 is 10.6. The minimum absolute atomic E-state index is 0.0327. The zero-order chi connectivity index (χ0) is 26.2. The normalized spacial score (nSPS) is 17.2. The molecular formula is C23H24ClF3N2O4S2. The van der Waals surface area contributed by atoms with Crippen LogP contribution in [0.4, 0.5) is 23.7 Å². The lowest BCUT2D eigenvalue weighted by atomic mass is 9.98. The molecule has 1 amide bonds. The van der Waals surface area contributed by atoms with Crippen LogP contribution in [0.3, 0.4) is 0 Å². The summed E-state index contributed by atoms with van der Waals surface area (Å²) in [6, 6.07) is 7.08. The number of ether oxygens (including phenoxy) is 1. The van der Waals surface area contributed by atoms with Gasteiger partial charge in [0.2, 0.25) is 0 Å². The molecule has 1 unspecified atom stereocenters. The van der Waals surface area contributed by atoms with Gasteiger partial charge in [-0.15, -0.1) is 0 Å². The van der Waals surface area contributed by atoms with Crippen molar-refractivity contribution < 1.29 is 31.1 Å². The highest BCUT2D eigenvalue weighted by Crippen LogP contribution is 2.43. The van der Waals surface area contributed by atoms with Gasteiger partial charge in [0, 0.05) is 31.1 Å². The van der Waals surface area contributed by atoms with Gasteiger partial charge < -0.3 is 9.64 Å². The lowest BCUT2D eigenvalue weighted by Crippen LogP contribution is -2.47. The summed E-state index contributed by atoms with van der Waals surface area (Å²) in [5.41, 5.74) is -2.04. The summed E-state index contributed by atoms with van der Waals surface area (Å²) in [5.74, 6) is 0. The molecule has 1 aliphatic heterocycles. The molecule has 0 aromatic heterocycles. The Morgan fingerprint density at radius 1 is 1.17 bits per heavy atom. The first-order valence-corrected chi connectivity index (χ1v) is 13.0. The third-order valence-corrected chi connectivity index (χ3v) is 8.13. The average molecular weight is 549 g/mol. The quantitative estimate of drug-likeness (QED) is 0.432. The van der Waals surface area contributed by atoms with Crippen molar-refractivity contribution in [1.82, 2.24) is 4.90 Å². The van der Waals surface area contributed by atoms with Crippen molar-refractivity contribution in [3.8, 4) is 11.1 Å². The minimum atomic E-state index is -4.73. The molecule has 12 heteroatoms. The molecule has 0 N–H and O–H groups in total. The van der Waals surface area contributed by atoms with Crippen LogP contribution in [0.15, 0.2) is 45.7 Å². The molecule has 1 aliphatic rings. The van der Waals surface area contributed by atoms with E-state index in [1.54, 1.807) is 20.8 Å². The van der Waals surface area contributed by atoms with Crippen LogP contribution in [0.1, 0.15) is 39.2 Å². The van der Waals surface area contributed by atoms with Gasteiger partial charge in [-0.05, 0) is 63.4 Å². The van der Waals surface area contributed by atoms with E-state index in [4.69, 9.17) is 16.3 Å². The second-order valence-corrected chi connectivity index (χ2v) is 12.0. The SMILES string of the molecule is CC(C)(C)OC(=O)N1CCCC(S(=O)(=O)c2ccc(-c3c(Cl)cc(N=S)cc3C(F)(F)F)cc2)C1. The van der Waals surface area contributed by atoms with Crippen LogP contribution in [0.25, 0.3) is 11.1 Å². The first kappa shape index (κ1) is 27.3. The van der Waals surface area contributed by atoms with Crippen molar-refractivity contribution in [3.63, 3.8) is 0 Å². The summed E-state index contributed by atoms with van der Waals surface area (Å²) < 4.78 is 76.2. The third kappa shape index (κ3) is 6.31. The maximum absolute atomic E-state index is 13.7. The number of rotatable bonds is 4. The first-order chi connectivity index (χ1) is 16.1. The summed E-state index contributed by atoms with van der Waals surface area (Å²) in [4.78, 5) is 13.7. The van der Waals surface area contributed by atoms with Gasteiger partial charge in [-0.25, -0.2) is 13.2 Å². The fourth-order valence-electron chi connectivity index (χ4n) is 3.85. The number of halogens is 4. The molecule has 35 heavy (non-hydrogen) atoms. The first-order valence-electron chi connectivity index (χ1n) is 10.7. The molecule has 0 aliphatic carbocycles. The number of amides is 1. The van der Waals surface area contributed by atoms with Crippen molar-refractivity contribution in [1.29, 1.82) is 0 Å². The average Bonchev–Trinajstić information content (AvgIpc) is 2.77. The Hall–Kier alpha value is -2.24. The molecule has 0 radical (unpaired) electrons. The highest BCUT2D eigenvalue weighted by molar-refractivity contribution is 7.92. The minimum Gasteiger partial charge on any atom is -0.444 e. The number of nitrogens with zero attached hydrogens (tertiary/aromatic N) is 2. The number of sulfone groups is 1. The molecule has 0 saturated carbocycles. The number of piperidine rings is 1. The molecule has 1 saturated heterocycles. The number of carbonyl (C=O) groups excluding carboxylic acids is 1. The lowest BCUT2D eigenvalue weighted by molar-refractivity contribution is -0.137. The van der Waals surface area contributed by atoms with E-state index >= 15 is 0 Å². The lowest BCUT2D eigenvalue weighted by Gasteiger charge is -2.33. The highest BCUT2D eigenvalue weighted by atomic mass is 35.5. The number of likely N-dealkylation sites (tertiary alicyclic amines) is 1. The molecule has 0 bridgehead atoms. The van der Waals surface area contributed by atoms with Gasteiger partial charge in [0.15, 0.2) is 9.84 Å². The van der Waals surface area contributed by atoms with Gasteiger partial charge in [-0.2, -0.15) is 17.5 Å². The van der Waals surface area contributed by atoms with E-state index in [1.807, 2.05) is 0 Å².